The Morgan fingerprint density at radius 2 is 2.09 bits per heavy atom. The summed E-state index contributed by atoms with van der Waals surface area (Å²) in [6.45, 7) is 4.56. The van der Waals surface area contributed by atoms with Crippen LogP contribution in [0.5, 0.6) is 0 Å². The van der Waals surface area contributed by atoms with Crippen LogP contribution in [-0.4, -0.2) is 65.6 Å². The average molecular weight is 470 g/mol. The molecule has 0 radical (unpaired) electrons. The molecule has 1 aliphatic rings. The fraction of sp³-hybridized carbons (Fsp3) is 0.632. The van der Waals surface area contributed by atoms with Crippen molar-refractivity contribution >= 4 is 39.9 Å². The zero-order chi connectivity index (χ0) is 23.6. The first-order valence-corrected chi connectivity index (χ1v) is 11.9. The van der Waals surface area contributed by atoms with E-state index in [0.29, 0.717) is 11.9 Å². The predicted octanol–water partition coefficient (Wildman–Crippen LogP) is 0.115. The number of fused-ring (bicyclic) bond motifs is 1. The Morgan fingerprint density at radius 1 is 1.38 bits per heavy atom. The third-order valence-electron chi connectivity index (χ3n) is 5.13. The second kappa shape index (κ2) is 9.77. The molecule has 1 saturated heterocycles. The maximum Gasteiger partial charge on any atom is 0.332 e. The molecule has 0 aliphatic carbocycles. The lowest BCUT2D eigenvalue weighted by Crippen LogP contribution is -2.34. The molecule has 12 nitrogen and oxygen atoms in total. The zero-order valence-corrected chi connectivity index (χ0v) is 19.2. The van der Waals surface area contributed by atoms with Crippen LogP contribution < -0.4 is 11.4 Å². The number of nitrogen functional groups attached to an aromatic ring is 1. The van der Waals surface area contributed by atoms with Gasteiger partial charge in [-0.25, -0.2) is 14.3 Å². The average Bonchev–Trinajstić information content (AvgIpc) is 3.21. The lowest BCUT2D eigenvalue weighted by atomic mass is 10.1. The Kier molecular flexibility index (Phi) is 7.29. The van der Waals surface area contributed by atoms with E-state index in [1.807, 2.05) is 6.92 Å². The molecule has 0 spiro atoms. The number of ether oxygens (including phenoxy) is 3. The maximum absolute atomic E-state index is 13.4. The third kappa shape index (κ3) is 4.99. The lowest BCUT2D eigenvalue weighted by molar-refractivity contribution is -0.158. The van der Waals surface area contributed by atoms with Crippen LogP contribution in [0, 0.1) is 0 Å². The van der Waals surface area contributed by atoms with Crippen LogP contribution in [0.2, 0.25) is 0 Å². The van der Waals surface area contributed by atoms with E-state index in [1.54, 1.807) is 6.26 Å². The number of imidazole rings is 1. The largest absolute Gasteiger partial charge is 0.460 e. The second-order valence-electron chi connectivity index (χ2n) is 7.52. The number of aromatic nitrogens is 4. The Bertz CT molecular complexity index is 1100. The van der Waals surface area contributed by atoms with Gasteiger partial charge in [0.1, 0.15) is 23.8 Å². The minimum Gasteiger partial charge on any atom is -0.460 e. The fourth-order valence-corrected chi connectivity index (χ4v) is 4.26. The number of carbonyl (C=O) groups excluding carboxylic acids is 2. The number of esters is 2. The normalized spacial score (nSPS) is 22.6. The smallest absolute Gasteiger partial charge is 0.332 e. The van der Waals surface area contributed by atoms with Gasteiger partial charge < -0.3 is 19.9 Å². The first-order chi connectivity index (χ1) is 15.1. The van der Waals surface area contributed by atoms with Gasteiger partial charge in [-0.3, -0.25) is 18.4 Å². The van der Waals surface area contributed by atoms with E-state index in [-0.39, 0.29) is 30.3 Å². The molecular weight excluding hydrogens is 442 g/mol. The number of rotatable bonds is 8. The van der Waals surface area contributed by atoms with Crippen molar-refractivity contribution in [3.63, 3.8) is 0 Å². The Labute approximate surface area is 186 Å². The number of anilines is 1. The van der Waals surface area contributed by atoms with Gasteiger partial charge >= 0.3 is 17.6 Å². The molecule has 2 unspecified atom stereocenters. The van der Waals surface area contributed by atoms with Crippen molar-refractivity contribution in [2.45, 2.75) is 64.7 Å². The molecule has 3 heterocycles. The first kappa shape index (κ1) is 23.9. The molecular formula is C19H27N5O7S. The van der Waals surface area contributed by atoms with Crippen LogP contribution in [0.15, 0.2) is 11.0 Å². The molecule has 176 valence electrons. The molecule has 2 N–H and O–H groups in total. The van der Waals surface area contributed by atoms with Gasteiger partial charge in [0.15, 0.2) is 11.9 Å². The van der Waals surface area contributed by atoms with E-state index in [4.69, 9.17) is 19.9 Å². The fourth-order valence-electron chi connectivity index (χ4n) is 3.83. The summed E-state index contributed by atoms with van der Waals surface area (Å²) in [6.07, 6.45) is 0.607. The highest BCUT2D eigenvalue weighted by Gasteiger charge is 2.44. The summed E-state index contributed by atoms with van der Waals surface area (Å²) in [5.74, 6) is -0.811. The van der Waals surface area contributed by atoms with Gasteiger partial charge in [-0.1, -0.05) is 6.92 Å². The van der Waals surface area contributed by atoms with E-state index >= 15 is 0 Å². The molecule has 0 saturated carbocycles. The number of carbonyl (C=O) groups is 2. The summed E-state index contributed by atoms with van der Waals surface area (Å²) in [5.41, 5.74) is 5.86. The van der Waals surface area contributed by atoms with Gasteiger partial charge in [0.2, 0.25) is 5.95 Å². The summed E-state index contributed by atoms with van der Waals surface area (Å²) in [5, 5.41) is 0. The minimum absolute atomic E-state index is 0.0487. The molecule has 5 atom stereocenters. The molecule has 0 amide bonds. The summed E-state index contributed by atoms with van der Waals surface area (Å²) in [7, 11) is -1.13. The van der Waals surface area contributed by atoms with Crippen molar-refractivity contribution in [1.82, 2.24) is 19.1 Å². The number of nitrogens with two attached hydrogens (primary N) is 1. The van der Waals surface area contributed by atoms with Crippen LogP contribution in [0.1, 0.15) is 39.8 Å². The maximum atomic E-state index is 13.4. The van der Waals surface area contributed by atoms with Crippen LogP contribution in [0.3, 0.4) is 0 Å². The molecule has 2 aromatic heterocycles. The highest BCUT2D eigenvalue weighted by Crippen LogP contribution is 2.35. The van der Waals surface area contributed by atoms with Crippen molar-refractivity contribution in [2.24, 2.45) is 0 Å². The van der Waals surface area contributed by atoms with Crippen molar-refractivity contribution in [3.05, 3.63) is 16.7 Å². The van der Waals surface area contributed by atoms with E-state index in [9.17, 15) is 18.6 Å². The van der Waals surface area contributed by atoms with Gasteiger partial charge in [0.25, 0.3) is 0 Å². The van der Waals surface area contributed by atoms with Crippen LogP contribution in [0.25, 0.3) is 11.2 Å². The van der Waals surface area contributed by atoms with Gasteiger partial charge in [-0.2, -0.15) is 4.98 Å². The summed E-state index contributed by atoms with van der Waals surface area (Å²) in [4.78, 5) is 44.8. The molecule has 32 heavy (non-hydrogen) atoms. The number of hydrogen-bond acceptors (Lipinski definition) is 10. The molecule has 0 bridgehead atoms. The molecule has 0 aromatic carbocycles. The standard InChI is InChI=1S/C19H27N5O7S/c1-5-13(29-10(2)25)14-8-15(30-11(3)26)17(31-14)24-16-12(9-21-18(20)22-16)23(19(24)27)6-7-32(4)28/h9,13-15,17H,5-8H2,1-4H3,(H2,20,21,22)/t13?,14-,15+,17+,32?/m0/s1. The molecule has 13 heteroatoms. The van der Waals surface area contributed by atoms with Gasteiger partial charge in [-0.15, -0.1) is 0 Å². The number of nitrogens with zero attached hydrogens (tertiary/aromatic N) is 4. The minimum atomic E-state index is -1.13. The SMILES string of the molecule is CCC(OC(C)=O)[C@@H]1C[C@@H](OC(C)=O)[C@H](n2c(=O)n(CCS(C)=O)c3cnc(N)nc32)O1. The number of hydrogen-bond donors (Lipinski definition) is 1. The van der Waals surface area contributed by atoms with Crippen molar-refractivity contribution in [2.75, 3.05) is 17.7 Å². The van der Waals surface area contributed by atoms with E-state index in [1.165, 1.54) is 29.2 Å². The Morgan fingerprint density at radius 3 is 2.69 bits per heavy atom. The van der Waals surface area contributed by atoms with E-state index in [2.05, 4.69) is 9.97 Å². The second-order valence-corrected chi connectivity index (χ2v) is 9.08. The van der Waals surface area contributed by atoms with Crippen LogP contribution in [0.4, 0.5) is 5.95 Å². The predicted molar refractivity (Wildman–Crippen MR) is 115 cm³/mol. The summed E-state index contributed by atoms with van der Waals surface area (Å²) in [6, 6.07) is 0. The molecule has 1 aliphatic heterocycles. The summed E-state index contributed by atoms with van der Waals surface area (Å²) < 4.78 is 31.2. The zero-order valence-electron chi connectivity index (χ0n) is 18.3. The van der Waals surface area contributed by atoms with Gasteiger partial charge in [0.05, 0.1) is 6.20 Å². The molecule has 3 rings (SSSR count). The monoisotopic (exact) mass is 469 g/mol. The van der Waals surface area contributed by atoms with Crippen molar-refractivity contribution in [3.8, 4) is 0 Å². The topological polar surface area (TPSA) is 158 Å². The van der Waals surface area contributed by atoms with Crippen molar-refractivity contribution in [1.29, 1.82) is 0 Å². The Balaban J connectivity index is 2.09. The molecule has 1 fully saturated rings. The third-order valence-corrected chi connectivity index (χ3v) is 5.89. The summed E-state index contributed by atoms with van der Waals surface area (Å²) >= 11 is 0. The quantitative estimate of drug-likeness (QED) is 0.526. The highest BCUT2D eigenvalue weighted by atomic mass is 32.2. The first-order valence-electron chi connectivity index (χ1n) is 10.2. The van der Waals surface area contributed by atoms with Gasteiger partial charge in [0, 0.05) is 49.6 Å². The molecule has 2 aromatic rings. The highest BCUT2D eigenvalue weighted by molar-refractivity contribution is 7.84. The van der Waals surface area contributed by atoms with E-state index < -0.39 is 53.0 Å². The Hall–Kier alpha value is -2.80. The van der Waals surface area contributed by atoms with Crippen molar-refractivity contribution < 1.29 is 28.0 Å². The van der Waals surface area contributed by atoms with Gasteiger partial charge in [-0.05, 0) is 6.42 Å². The number of aryl methyl sites for hydroxylation is 1. The van der Waals surface area contributed by atoms with Crippen LogP contribution >= 0.6 is 0 Å². The lowest BCUT2D eigenvalue weighted by Gasteiger charge is -2.22. The van der Waals surface area contributed by atoms with E-state index in [0.717, 1.165) is 0 Å². The van der Waals surface area contributed by atoms with Crippen LogP contribution in [-0.2, 0) is 41.1 Å².